The van der Waals surface area contributed by atoms with Gasteiger partial charge in [-0.15, -0.1) is 0 Å². The summed E-state index contributed by atoms with van der Waals surface area (Å²) in [6.07, 6.45) is 4.94. The third kappa shape index (κ3) is 3.77. The van der Waals surface area contributed by atoms with Gasteiger partial charge in [-0.25, -0.2) is 9.97 Å². The van der Waals surface area contributed by atoms with Gasteiger partial charge in [0.25, 0.3) is 5.56 Å². The molecule has 0 atom stereocenters. The van der Waals surface area contributed by atoms with Crippen LogP contribution in [-0.2, 0) is 13.6 Å². The molecule has 0 radical (unpaired) electrons. The SMILES string of the molecule is COc1ccc(-c2cc3ncn(C)c(=O)c3c(NCc3ccncc3)n2)cc1Cl. The molecule has 29 heavy (non-hydrogen) atoms. The van der Waals surface area contributed by atoms with Gasteiger partial charge in [0.2, 0.25) is 0 Å². The number of fused-ring (bicyclic) bond motifs is 1. The number of rotatable bonds is 5. The molecule has 8 heteroatoms. The summed E-state index contributed by atoms with van der Waals surface area (Å²) in [4.78, 5) is 25.9. The van der Waals surface area contributed by atoms with E-state index < -0.39 is 0 Å². The monoisotopic (exact) mass is 407 g/mol. The summed E-state index contributed by atoms with van der Waals surface area (Å²) in [7, 11) is 3.23. The number of aromatic nitrogens is 4. The molecule has 0 unspecified atom stereocenters. The molecule has 146 valence electrons. The fraction of sp³-hybridized carbons (Fsp3) is 0.143. The van der Waals surface area contributed by atoms with E-state index in [9.17, 15) is 4.79 Å². The second kappa shape index (κ2) is 7.89. The van der Waals surface area contributed by atoms with Gasteiger partial charge in [-0.3, -0.25) is 9.78 Å². The summed E-state index contributed by atoms with van der Waals surface area (Å²) in [6, 6.07) is 11.0. The van der Waals surface area contributed by atoms with Crippen molar-refractivity contribution in [1.82, 2.24) is 19.5 Å². The van der Waals surface area contributed by atoms with E-state index >= 15 is 0 Å². The van der Waals surface area contributed by atoms with Gasteiger partial charge >= 0.3 is 0 Å². The minimum atomic E-state index is -0.168. The zero-order valence-electron chi connectivity index (χ0n) is 15.9. The van der Waals surface area contributed by atoms with Crippen molar-refractivity contribution in [3.05, 3.63) is 76.1 Å². The number of hydrogen-bond acceptors (Lipinski definition) is 6. The molecule has 0 spiro atoms. The minimum Gasteiger partial charge on any atom is -0.495 e. The van der Waals surface area contributed by atoms with E-state index in [1.807, 2.05) is 18.2 Å². The van der Waals surface area contributed by atoms with Crippen LogP contribution in [0.15, 0.2) is 59.9 Å². The highest BCUT2D eigenvalue weighted by Crippen LogP contribution is 2.31. The molecule has 0 aliphatic rings. The molecule has 1 N–H and O–H groups in total. The number of methoxy groups -OCH3 is 1. The first kappa shape index (κ1) is 18.9. The van der Waals surface area contributed by atoms with Gasteiger partial charge in [0, 0.05) is 31.5 Å². The maximum Gasteiger partial charge on any atom is 0.264 e. The van der Waals surface area contributed by atoms with Crippen molar-refractivity contribution in [2.45, 2.75) is 6.54 Å². The molecule has 3 heterocycles. The Hall–Kier alpha value is -3.45. The predicted molar refractivity (Wildman–Crippen MR) is 113 cm³/mol. The predicted octanol–water partition coefficient (Wildman–Crippen LogP) is 3.66. The molecule has 0 fully saturated rings. The summed E-state index contributed by atoms with van der Waals surface area (Å²) in [5.41, 5.74) is 2.86. The van der Waals surface area contributed by atoms with Crippen molar-refractivity contribution < 1.29 is 4.74 Å². The average molecular weight is 408 g/mol. The third-order valence-corrected chi connectivity index (χ3v) is 4.86. The lowest BCUT2D eigenvalue weighted by Crippen LogP contribution is -2.19. The summed E-state index contributed by atoms with van der Waals surface area (Å²) in [5, 5.41) is 4.19. The number of nitrogens with one attached hydrogen (secondary N) is 1. The van der Waals surface area contributed by atoms with Gasteiger partial charge < -0.3 is 14.6 Å². The largest absolute Gasteiger partial charge is 0.495 e. The van der Waals surface area contributed by atoms with Gasteiger partial charge in [0.15, 0.2) is 0 Å². The number of nitrogens with zero attached hydrogens (tertiary/aromatic N) is 4. The van der Waals surface area contributed by atoms with Crippen LogP contribution in [-0.4, -0.2) is 26.6 Å². The van der Waals surface area contributed by atoms with E-state index in [4.69, 9.17) is 21.3 Å². The first-order valence-corrected chi connectivity index (χ1v) is 9.27. The van der Waals surface area contributed by atoms with Crippen LogP contribution < -0.4 is 15.6 Å². The van der Waals surface area contributed by atoms with Crippen molar-refractivity contribution in [3.8, 4) is 17.0 Å². The molecular formula is C21H18ClN5O2. The first-order valence-electron chi connectivity index (χ1n) is 8.90. The third-order valence-electron chi connectivity index (χ3n) is 4.56. The summed E-state index contributed by atoms with van der Waals surface area (Å²) < 4.78 is 6.66. The lowest BCUT2D eigenvalue weighted by Gasteiger charge is -2.12. The molecule has 7 nitrogen and oxygen atoms in total. The van der Waals surface area contributed by atoms with Crippen LogP contribution in [0.25, 0.3) is 22.2 Å². The van der Waals surface area contributed by atoms with Crippen molar-refractivity contribution in [2.24, 2.45) is 7.05 Å². The van der Waals surface area contributed by atoms with Gasteiger partial charge in [-0.2, -0.15) is 0 Å². The molecule has 0 saturated carbocycles. The van der Waals surface area contributed by atoms with Crippen molar-refractivity contribution >= 4 is 28.3 Å². The molecule has 0 bridgehead atoms. The molecule has 4 rings (SSSR count). The standard InChI is InChI=1S/C21H18ClN5O2/c1-27-12-25-17-10-16(14-3-4-18(29-2)15(22)9-14)26-20(19(17)21(27)28)24-11-13-5-7-23-8-6-13/h3-10,12H,11H2,1-2H3,(H,24,26). The highest BCUT2D eigenvalue weighted by atomic mass is 35.5. The highest BCUT2D eigenvalue weighted by Gasteiger charge is 2.14. The van der Waals surface area contributed by atoms with Crippen LogP contribution in [0.5, 0.6) is 5.75 Å². The molecule has 0 amide bonds. The highest BCUT2D eigenvalue weighted by molar-refractivity contribution is 6.32. The topological polar surface area (TPSA) is 81.9 Å². The average Bonchev–Trinajstić information content (AvgIpc) is 2.75. The summed E-state index contributed by atoms with van der Waals surface area (Å²) in [5.74, 6) is 1.05. The number of hydrogen-bond donors (Lipinski definition) is 1. The van der Waals surface area contributed by atoms with Crippen LogP contribution >= 0.6 is 11.6 Å². The Balaban J connectivity index is 1.84. The summed E-state index contributed by atoms with van der Waals surface area (Å²) in [6.45, 7) is 0.496. The van der Waals surface area contributed by atoms with E-state index in [2.05, 4.69) is 15.3 Å². The van der Waals surface area contributed by atoms with Gasteiger partial charge in [0.05, 0.1) is 29.7 Å². The second-order valence-corrected chi connectivity index (χ2v) is 6.88. The molecule has 0 aliphatic carbocycles. The molecule has 0 saturated heterocycles. The second-order valence-electron chi connectivity index (χ2n) is 6.47. The molecule has 4 aromatic rings. The van der Waals surface area contributed by atoms with E-state index in [1.54, 1.807) is 44.8 Å². The van der Waals surface area contributed by atoms with E-state index in [0.717, 1.165) is 11.1 Å². The smallest absolute Gasteiger partial charge is 0.264 e. The fourth-order valence-electron chi connectivity index (χ4n) is 3.01. The number of halogens is 1. The Labute approximate surface area is 172 Å². The van der Waals surface area contributed by atoms with Crippen LogP contribution in [0.2, 0.25) is 5.02 Å². The zero-order valence-corrected chi connectivity index (χ0v) is 16.6. The maximum absolute atomic E-state index is 12.7. The lowest BCUT2D eigenvalue weighted by molar-refractivity contribution is 0.415. The Kier molecular flexibility index (Phi) is 5.14. The van der Waals surface area contributed by atoms with Crippen LogP contribution in [0, 0.1) is 0 Å². The first-order chi connectivity index (χ1) is 14.1. The van der Waals surface area contributed by atoms with Crippen molar-refractivity contribution in [1.29, 1.82) is 0 Å². The number of pyridine rings is 2. The van der Waals surface area contributed by atoms with Crippen LogP contribution in [0.4, 0.5) is 5.82 Å². The minimum absolute atomic E-state index is 0.168. The van der Waals surface area contributed by atoms with Gasteiger partial charge in [-0.05, 0) is 42.0 Å². The Morgan fingerprint density at radius 3 is 2.69 bits per heavy atom. The van der Waals surface area contributed by atoms with Crippen molar-refractivity contribution in [2.75, 3.05) is 12.4 Å². The normalized spacial score (nSPS) is 10.9. The lowest BCUT2D eigenvalue weighted by atomic mass is 10.1. The number of benzene rings is 1. The van der Waals surface area contributed by atoms with Crippen LogP contribution in [0.1, 0.15) is 5.56 Å². The van der Waals surface area contributed by atoms with Gasteiger partial charge in [0.1, 0.15) is 17.0 Å². The zero-order chi connectivity index (χ0) is 20.4. The number of anilines is 1. The summed E-state index contributed by atoms with van der Waals surface area (Å²) >= 11 is 6.28. The fourth-order valence-corrected chi connectivity index (χ4v) is 3.27. The van der Waals surface area contributed by atoms with E-state index in [-0.39, 0.29) is 5.56 Å². The molecule has 0 aliphatic heterocycles. The number of aryl methyl sites for hydroxylation is 1. The Morgan fingerprint density at radius 2 is 1.97 bits per heavy atom. The Bertz CT molecular complexity index is 1240. The quantitative estimate of drug-likeness (QED) is 0.543. The maximum atomic E-state index is 12.7. The molecular weight excluding hydrogens is 390 g/mol. The van der Waals surface area contributed by atoms with Crippen LogP contribution in [0.3, 0.4) is 0 Å². The molecule has 3 aromatic heterocycles. The van der Waals surface area contributed by atoms with Crippen molar-refractivity contribution in [3.63, 3.8) is 0 Å². The number of ether oxygens (including phenoxy) is 1. The van der Waals surface area contributed by atoms with E-state index in [1.165, 1.54) is 10.9 Å². The van der Waals surface area contributed by atoms with Gasteiger partial charge in [-0.1, -0.05) is 11.6 Å². The molecule has 1 aromatic carbocycles. The Morgan fingerprint density at radius 1 is 1.17 bits per heavy atom. The van der Waals surface area contributed by atoms with E-state index in [0.29, 0.717) is 39.7 Å².